The first-order valence-electron chi connectivity index (χ1n) is 6.85. The number of hydrogen-bond donors (Lipinski definition) is 1. The Morgan fingerprint density at radius 3 is 2.05 bits per heavy atom. The predicted molar refractivity (Wildman–Crippen MR) is 72.7 cm³/mol. The lowest BCUT2D eigenvalue weighted by atomic mass is 10.3. The van der Waals surface area contributed by atoms with E-state index in [0.29, 0.717) is 26.3 Å². The number of ether oxygens (including phenoxy) is 2. The summed E-state index contributed by atoms with van der Waals surface area (Å²) in [7, 11) is 3.17. The summed E-state index contributed by atoms with van der Waals surface area (Å²) in [5, 5.41) is 8.78. The van der Waals surface area contributed by atoms with Gasteiger partial charge in [0, 0.05) is 39.9 Å². The number of urea groups is 1. The number of carbonyl (C=O) groups excluding carboxylic acids is 1. The second-order valence-electron chi connectivity index (χ2n) is 4.82. The second-order valence-corrected chi connectivity index (χ2v) is 4.82. The SMILES string of the molecule is COCCN(CCOC)C(=O)N(CCC(=O)O)C1CC1. The molecule has 1 rings (SSSR count). The lowest BCUT2D eigenvalue weighted by Gasteiger charge is -2.30. The van der Waals surface area contributed by atoms with E-state index >= 15 is 0 Å². The van der Waals surface area contributed by atoms with Crippen LogP contribution in [0.3, 0.4) is 0 Å². The van der Waals surface area contributed by atoms with Crippen LogP contribution < -0.4 is 0 Å². The van der Waals surface area contributed by atoms with Crippen LogP contribution in [0.25, 0.3) is 0 Å². The van der Waals surface area contributed by atoms with Crippen molar-refractivity contribution in [3.05, 3.63) is 0 Å². The Bertz CT molecular complexity index is 312. The third-order valence-corrected chi connectivity index (χ3v) is 3.20. The Morgan fingerprint density at radius 2 is 1.65 bits per heavy atom. The third kappa shape index (κ3) is 5.75. The lowest BCUT2D eigenvalue weighted by molar-refractivity contribution is -0.137. The summed E-state index contributed by atoms with van der Waals surface area (Å²) in [5.41, 5.74) is 0. The van der Waals surface area contributed by atoms with Crippen molar-refractivity contribution in [2.45, 2.75) is 25.3 Å². The molecule has 0 aromatic heterocycles. The molecule has 0 aliphatic heterocycles. The molecule has 1 saturated carbocycles. The molecular formula is C13H24N2O5. The number of carboxylic acid groups (broad SMARTS) is 1. The van der Waals surface area contributed by atoms with Gasteiger partial charge in [-0.1, -0.05) is 0 Å². The van der Waals surface area contributed by atoms with Crippen molar-refractivity contribution in [1.82, 2.24) is 9.80 Å². The van der Waals surface area contributed by atoms with Crippen LogP contribution in [0.1, 0.15) is 19.3 Å². The number of aliphatic carboxylic acids is 1. The molecule has 1 aliphatic rings. The quantitative estimate of drug-likeness (QED) is 0.638. The van der Waals surface area contributed by atoms with E-state index in [9.17, 15) is 9.59 Å². The molecule has 1 N–H and O–H groups in total. The predicted octanol–water partition coefficient (Wildman–Crippen LogP) is 0.640. The van der Waals surface area contributed by atoms with Gasteiger partial charge in [0.25, 0.3) is 0 Å². The minimum Gasteiger partial charge on any atom is -0.481 e. The molecule has 0 atom stereocenters. The van der Waals surface area contributed by atoms with Crippen LogP contribution in [0.15, 0.2) is 0 Å². The third-order valence-electron chi connectivity index (χ3n) is 3.20. The van der Waals surface area contributed by atoms with Crippen molar-refractivity contribution in [2.24, 2.45) is 0 Å². The normalized spacial score (nSPS) is 14.1. The summed E-state index contributed by atoms with van der Waals surface area (Å²) >= 11 is 0. The van der Waals surface area contributed by atoms with Gasteiger partial charge < -0.3 is 24.4 Å². The highest BCUT2D eigenvalue weighted by Crippen LogP contribution is 2.28. The summed E-state index contributed by atoms with van der Waals surface area (Å²) in [6.45, 7) is 2.12. The smallest absolute Gasteiger partial charge is 0.320 e. The molecular weight excluding hydrogens is 264 g/mol. The first kappa shape index (κ1) is 16.7. The molecule has 0 bridgehead atoms. The minimum absolute atomic E-state index is 0.0232. The van der Waals surface area contributed by atoms with Gasteiger partial charge in [-0.3, -0.25) is 4.79 Å². The molecule has 0 radical (unpaired) electrons. The molecule has 20 heavy (non-hydrogen) atoms. The van der Waals surface area contributed by atoms with Gasteiger partial charge in [0.15, 0.2) is 0 Å². The van der Waals surface area contributed by atoms with E-state index in [1.807, 2.05) is 0 Å². The number of carbonyl (C=O) groups is 2. The average Bonchev–Trinajstić information content (AvgIpc) is 3.23. The zero-order valence-electron chi connectivity index (χ0n) is 12.2. The lowest BCUT2D eigenvalue weighted by Crippen LogP contribution is -2.47. The van der Waals surface area contributed by atoms with E-state index in [4.69, 9.17) is 14.6 Å². The largest absolute Gasteiger partial charge is 0.481 e. The van der Waals surface area contributed by atoms with E-state index in [2.05, 4.69) is 0 Å². The van der Waals surface area contributed by atoms with Crippen LogP contribution >= 0.6 is 0 Å². The Hall–Kier alpha value is -1.34. The maximum atomic E-state index is 12.5. The van der Waals surface area contributed by atoms with E-state index in [1.165, 1.54) is 0 Å². The number of nitrogens with zero attached hydrogens (tertiary/aromatic N) is 2. The van der Waals surface area contributed by atoms with Crippen LogP contribution in [0.5, 0.6) is 0 Å². The van der Waals surface area contributed by atoms with Crippen LogP contribution in [-0.2, 0) is 14.3 Å². The Balaban J connectivity index is 2.58. The van der Waals surface area contributed by atoms with Gasteiger partial charge in [-0.05, 0) is 12.8 Å². The number of amides is 2. The number of methoxy groups -OCH3 is 2. The first-order chi connectivity index (χ1) is 9.60. The second kappa shape index (κ2) is 8.76. The van der Waals surface area contributed by atoms with Crippen LogP contribution in [0.2, 0.25) is 0 Å². The molecule has 1 aliphatic carbocycles. The van der Waals surface area contributed by atoms with Crippen molar-refractivity contribution in [3.63, 3.8) is 0 Å². The monoisotopic (exact) mass is 288 g/mol. The van der Waals surface area contributed by atoms with Crippen molar-refractivity contribution in [1.29, 1.82) is 0 Å². The van der Waals surface area contributed by atoms with Crippen LogP contribution in [-0.4, -0.2) is 80.0 Å². The van der Waals surface area contributed by atoms with Gasteiger partial charge in [0.05, 0.1) is 19.6 Å². The Kier molecular flexibility index (Phi) is 7.32. The average molecular weight is 288 g/mol. The number of hydrogen-bond acceptors (Lipinski definition) is 4. The summed E-state index contributed by atoms with van der Waals surface area (Å²) < 4.78 is 10.0. The zero-order valence-corrected chi connectivity index (χ0v) is 12.2. The topological polar surface area (TPSA) is 79.3 Å². The van der Waals surface area contributed by atoms with Crippen molar-refractivity contribution in [2.75, 3.05) is 47.1 Å². The van der Waals surface area contributed by atoms with E-state index in [0.717, 1.165) is 12.8 Å². The Morgan fingerprint density at radius 1 is 1.10 bits per heavy atom. The highest BCUT2D eigenvalue weighted by molar-refractivity contribution is 5.76. The summed E-state index contributed by atoms with van der Waals surface area (Å²) in [6.07, 6.45) is 1.88. The van der Waals surface area contributed by atoms with E-state index < -0.39 is 5.97 Å². The standard InChI is InChI=1S/C13H24N2O5/c1-19-9-7-14(8-10-20-2)13(18)15(11-3-4-11)6-5-12(16)17/h11H,3-10H2,1-2H3,(H,16,17). The molecule has 0 aromatic rings. The van der Waals surface area contributed by atoms with Gasteiger partial charge in [0.1, 0.15) is 0 Å². The first-order valence-corrected chi connectivity index (χ1v) is 6.85. The molecule has 0 spiro atoms. The van der Waals surface area contributed by atoms with Gasteiger partial charge in [-0.25, -0.2) is 4.79 Å². The maximum absolute atomic E-state index is 12.5. The minimum atomic E-state index is -0.885. The fourth-order valence-electron chi connectivity index (χ4n) is 1.92. The molecule has 7 nitrogen and oxygen atoms in total. The van der Waals surface area contributed by atoms with Crippen LogP contribution in [0.4, 0.5) is 4.79 Å². The molecule has 0 unspecified atom stereocenters. The Labute approximate surface area is 119 Å². The molecule has 7 heteroatoms. The maximum Gasteiger partial charge on any atom is 0.320 e. The molecule has 0 aromatic carbocycles. The number of carboxylic acids is 1. The van der Waals surface area contributed by atoms with Gasteiger partial charge in [-0.15, -0.1) is 0 Å². The molecule has 1 fully saturated rings. The molecule has 116 valence electrons. The molecule has 0 heterocycles. The summed E-state index contributed by atoms with van der Waals surface area (Å²) in [6, 6.07) is 0.0669. The van der Waals surface area contributed by atoms with E-state index in [1.54, 1.807) is 24.0 Å². The van der Waals surface area contributed by atoms with Gasteiger partial charge >= 0.3 is 12.0 Å². The van der Waals surface area contributed by atoms with Gasteiger partial charge in [0.2, 0.25) is 0 Å². The molecule has 2 amide bonds. The summed E-state index contributed by atoms with van der Waals surface area (Å²) in [4.78, 5) is 26.5. The van der Waals surface area contributed by atoms with E-state index in [-0.39, 0.29) is 25.0 Å². The van der Waals surface area contributed by atoms with Crippen molar-refractivity contribution >= 4 is 12.0 Å². The highest BCUT2D eigenvalue weighted by atomic mass is 16.5. The van der Waals surface area contributed by atoms with Crippen molar-refractivity contribution in [3.8, 4) is 0 Å². The fraction of sp³-hybridized carbons (Fsp3) is 0.846. The van der Waals surface area contributed by atoms with Crippen LogP contribution in [0, 0.1) is 0 Å². The molecule has 0 saturated heterocycles. The highest BCUT2D eigenvalue weighted by Gasteiger charge is 2.34. The fourth-order valence-corrected chi connectivity index (χ4v) is 1.92. The number of rotatable bonds is 10. The van der Waals surface area contributed by atoms with Gasteiger partial charge in [-0.2, -0.15) is 0 Å². The zero-order chi connectivity index (χ0) is 15.0. The van der Waals surface area contributed by atoms with Crippen molar-refractivity contribution < 1.29 is 24.2 Å². The summed E-state index contributed by atoms with van der Waals surface area (Å²) in [5.74, 6) is -0.885.